The van der Waals surface area contributed by atoms with Gasteiger partial charge in [0.15, 0.2) is 6.10 Å². The minimum atomic E-state index is -0.183. The summed E-state index contributed by atoms with van der Waals surface area (Å²) in [5, 5.41) is 4.01. The molecule has 0 amide bonds. The SMILES string of the molecule is Nc1ccc(OC2=NO[C@@H](c3ccc(Oc4ccccc4)cc3)C2)cn1. The van der Waals surface area contributed by atoms with Gasteiger partial charge in [0.25, 0.3) is 0 Å². The van der Waals surface area contributed by atoms with Gasteiger partial charge in [-0.1, -0.05) is 35.5 Å². The van der Waals surface area contributed by atoms with Gasteiger partial charge in [-0.25, -0.2) is 4.98 Å². The lowest BCUT2D eigenvalue weighted by Crippen LogP contribution is -2.07. The number of nitrogen functional groups attached to an aromatic ring is 1. The standard InChI is InChI=1S/C20H17N3O3/c21-19-11-10-17(13-22-19)25-20-12-18(26-23-20)14-6-8-16(9-7-14)24-15-4-2-1-3-5-15/h1-11,13,18H,12H2,(H2,21,22)/t18-/m1/s1. The summed E-state index contributed by atoms with van der Waals surface area (Å²) < 4.78 is 11.5. The summed E-state index contributed by atoms with van der Waals surface area (Å²) >= 11 is 0. The van der Waals surface area contributed by atoms with E-state index < -0.39 is 0 Å². The van der Waals surface area contributed by atoms with Crippen molar-refractivity contribution in [3.63, 3.8) is 0 Å². The normalized spacial score (nSPS) is 15.8. The topological polar surface area (TPSA) is 79.0 Å². The third kappa shape index (κ3) is 3.75. The van der Waals surface area contributed by atoms with E-state index in [2.05, 4.69) is 10.1 Å². The Bertz CT molecular complexity index is 894. The number of anilines is 1. The number of benzene rings is 2. The second-order valence-corrected chi connectivity index (χ2v) is 5.79. The molecule has 0 aliphatic carbocycles. The van der Waals surface area contributed by atoms with Crippen LogP contribution in [0.5, 0.6) is 17.2 Å². The number of nitrogens with two attached hydrogens (primary N) is 1. The molecule has 2 heterocycles. The first kappa shape index (κ1) is 16.0. The van der Waals surface area contributed by atoms with Crippen LogP contribution < -0.4 is 15.2 Å². The number of aromatic nitrogens is 1. The Morgan fingerprint density at radius 2 is 1.58 bits per heavy atom. The average molecular weight is 347 g/mol. The molecule has 0 bridgehead atoms. The lowest BCUT2D eigenvalue weighted by molar-refractivity contribution is 0.0855. The predicted molar refractivity (Wildman–Crippen MR) is 98.1 cm³/mol. The summed E-state index contributed by atoms with van der Waals surface area (Å²) in [5.74, 6) is 3.09. The maximum absolute atomic E-state index is 5.79. The smallest absolute Gasteiger partial charge is 0.235 e. The van der Waals surface area contributed by atoms with Gasteiger partial charge in [0.1, 0.15) is 23.1 Å². The first-order valence-electron chi connectivity index (χ1n) is 8.21. The van der Waals surface area contributed by atoms with Crippen LogP contribution in [0.3, 0.4) is 0 Å². The number of hydrogen-bond donors (Lipinski definition) is 1. The quantitative estimate of drug-likeness (QED) is 0.761. The zero-order chi connectivity index (χ0) is 17.8. The molecule has 1 aliphatic rings. The van der Waals surface area contributed by atoms with Gasteiger partial charge in [-0.2, -0.15) is 0 Å². The van der Waals surface area contributed by atoms with Gasteiger partial charge in [0.05, 0.1) is 12.6 Å². The van der Waals surface area contributed by atoms with Crippen LogP contribution in [-0.4, -0.2) is 10.9 Å². The van der Waals surface area contributed by atoms with Crippen LogP contribution in [0.25, 0.3) is 0 Å². The van der Waals surface area contributed by atoms with E-state index in [4.69, 9.17) is 20.0 Å². The van der Waals surface area contributed by atoms with E-state index in [1.165, 1.54) is 0 Å². The molecule has 1 aromatic heterocycles. The number of ether oxygens (including phenoxy) is 2. The van der Waals surface area contributed by atoms with Crippen molar-refractivity contribution in [1.29, 1.82) is 0 Å². The fraction of sp³-hybridized carbons (Fsp3) is 0.100. The molecule has 0 spiro atoms. The molecule has 6 heteroatoms. The van der Waals surface area contributed by atoms with Crippen molar-refractivity contribution in [3.05, 3.63) is 78.5 Å². The van der Waals surface area contributed by atoms with E-state index in [-0.39, 0.29) is 6.10 Å². The molecule has 2 N–H and O–H groups in total. The van der Waals surface area contributed by atoms with Gasteiger partial charge in [-0.15, -0.1) is 0 Å². The van der Waals surface area contributed by atoms with Gasteiger partial charge in [-0.05, 0) is 42.0 Å². The van der Waals surface area contributed by atoms with Crippen molar-refractivity contribution in [2.75, 3.05) is 5.73 Å². The lowest BCUT2D eigenvalue weighted by Gasteiger charge is -2.10. The highest BCUT2D eigenvalue weighted by molar-refractivity contribution is 5.79. The van der Waals surface area contributed by atoms with Gasteiger partial charge in [-0.3, -0.25) is 0 Å². The summed E-state index contributed by atoms with van der Waals surface area (Å²) in [6.45, 7) is 0. The Hall–Kier alpha value is -3.54. The van der Waals surface area contributed by atoms with Crippen molar-refractivity contribution < 1.29 is 14.3 Å². The summed E-state index contributed by atoms with van der Waals surface area (Å²) in [6.07, 6.45) is 1.92. The molecule has 0 unspecified atom stereocenters. The fourth-order valence-electron chi connectivity index (χ4n) is 2.56. The van der Waals surface area contributed by atoms with Crippen molar-refractivity contribution >= 4 is 11.7 Å². The van der Waals surface area contributed by atoms with Crippen LogP contribution in [0.15, 0.2) is 78.1 Å². The van der Waals surface area contributed by atoms with Crippen LogP contribution >= 0.6 is 0 Å². The predicted octanol–water partition coefficient (Wildman–Crippen LogP) is 4.31. The van der Waals surface area contributed by atoms with Crippen LogP contribution in [0, 0.1) is 0 Å². The van der Waals surface area contributed by atoms with Gasteiger partial charge < -0.3 is 20.0 Å². The number of hydrogen-bond acceptors (Lipinski definition) is 6. The van der Waals surface area contributed by atoms with Crippen molar-refractivity contribution in [2.45, 2.75) is 12.5 Å². The number of para-hydroxylation sites is 1. The highest BCUT2D eigenvalue weighted by Crippen LogP contribution is 2.30. The Morgan fingerprint density at radius 1 is 0.846 bits per heavy atom. The number of pyridine rings is 1. The van der Waals surface area contributed by atoms with Gasteiger partial charge in [0, 0.05) is 0 Å². The molecule has 1 aliphatic heterocycles. The second-order valence-electron chi connectivity index (χ2n) is 5.79. The average Bonchev–Trinajstić information content (AvgIpc) is 3.14. The third-order valence-electron chi connectivity index (χ3n) is 3.87. The van der Waals surface area contributed by atoms with Crippen LogP contribution in [0.2, 0.25) is 0 Å². The molecule has 0 radical (unpaired) electrons. The monoisotopic (exact) mass is 347 g/mol. The van der Waals surface area contributed by atoms with Crippen molar-refractivity contribution in [1.82, 2.24) is 4.98 Å². The zero-order valence-corrected chi connectivity index (χ0v) is 13.9. The lowest BCUT2D eigenvalue weighted by atomic mass is 10.1. The molecule has 0 saturated heterocycles. The molecule has 2 aromatic carbocycles. The molecule has 1 atom stereocenters. The fourth-order valence-corrected chi connectivity index (χ4v) is 2.56. The Labute approximate surface area is 150 Å². The van der Waals surface area contributed by atoms with E-state index in [9.17, 15) is 0 Å². The van der Waals surface area contributed by atoms with E-state index >= 15 is 0 Å². The first-order chi connectivity index (χ1) is 12.8. The van der Waals surface area contributed by atoms with Gasteiger partial charge in [0.2, 0.25) is 5.90 Å². The number of rotatable bonds is 4. The minimum Gasteiger partial charge on any atom is -0.457 e. The summed E-state index contributed by atoms with van der Waals surface area (Å²) in [6, 6.07) is 20.8. The van der Waals surface area contributed by atoms with Crippen molar-refractivity contribution in [3.8, 4) is 17.2 Å². The first-order valence-corrected chi connectivity index (χ1v) is 8.21. The van der Waals surface area contributed by atoms with E-state index in [0.717, 1.165) is 17.1 Å². The van der Waals surface area contributed by atoms with Crippen LogP contribution in [0.4, 0.5) is 5.82 Å². The largest absolute Gasteiger partial charge is 0.457 e. The minimum absolute atomic E-state index is 0.183. The molecule has 6 nitrogen and oxygen atoms in total. The van der Waals surface area contributed by atoms with Crippen LogP contribution in [-0.2, 0) is 4.84 Å². The second kappa shape index (κ2) is 7.14. The maximum atomic E-state index is 5.79. The number of nitrogens with zero attached hydrogens (tertiary/aromatic N) is 2. The Morgan fingerprint density at radius 3 is 2.31 bits per heavy atom. The molecule has 3 aromatic rings. The maximum Gasteiger partial charge on any atom is 0.235 e. The molecule has 26 heavy (non-hydrogen) atoms. The molecule has 0 fully saturated rings. The Balaban J connectivity index is 1.36. The molecule has 4 rings (SSSR count). The highest BCUT2D eigenvalue weighted by atomic mass is 16.7. The van der Waals surface area contributed by atoms with E-state index in [0.29, 0.717) is 23.9 Å². The van der Waals surface area contributed by atoms with E-state index in [1.54, 1.807) is 18.3 Å². The van der Waals surface area contributed by atoms with E-state index in [1.807, 2.05) is 54.6 Å². The molecule has 130 valence electrons. The van der Waals surface area contributed by atoms with Crippen molar-refractivity contribution in [2.24, 2.45) is 5.16 Å². The highest BCUT2D eigenvalue weighted by Gasteiger charge is 2.24. The third-order valence-corrected chi connectivity index (χ3v) is 3.87. The molecular formula is C20H17N3O3. The summed E-state index contributed by atoms with van der Waals surface area (Å²) in [5.41, 5.74) is 6.56. The molecule has 0 saturated carbocycles. The summed E-state index contributed by atoms with van der Waals surface area (Å²) in [4.78, 5) is 9.47. The summed E-state index contributed by atoms with van der Waals surface area (Å²) in [7, 11) is 0. The Kier molecular flexibility index (Phi) is 4.38. The zero-order valence-electron chi connectivity index (χ0n) is 13.9. The molecular weight excluding hydrogens is 330 g/mol. The van der Waals surface area contributed by atoms with Crippen LogP contribution in [0.1, 0.15) is 18.1 Å². The number of oxime groups is 1. The van der Waals surface area contributed by atoms with Gasteiger partial charge >= 0.3 is 0 Å².